The van der Waals surface area contributed by atoms with E-state index in [4.69, 9.17) is 0 Å². The van der Waals surface area contributed by atoms with E-state index in [1.807, 2.05) is 0 Å². The molecule has 15 heavy (non-hydrogen) atoms. The van der Waals surface area contributed by atoms with Crippen LogP contribution >= 0.6 is 0 Å². The topological polar surface area (TPSA) is 52.6 Å². The van der Waals surface area contributed by atoms with Crippen LogP contribution < -0.4 is 0 Å². The Hall–Kier alpha value is -0.340. The molecule has 0 amide bonds. The Balaban J connectivity index is 3.95. The third kappa shape index (κ3) is 9.95. The molecule has 0 N–H and O–H groups in total. The minimum absolute atomic E-state index is 0.242. The van der Waals surface area contributed by atoms with Gasteiger partial charge in [0.25, 0.3) is 10.1 Å². The maximum Gasteiger partial charge on any atom is 0.411 e. The molecule has 8 heteroatoms. The normalized spacial score (nSPS) is 15.3. The van der Waals surface area contributed by atoms with Gasteiger partial charge in [-0.25, -0.2) is 0 Å². The van der Waals surface area contributed by atoms with E-state index < -0.39 is 35.6 Å². The zero-order valence-corrected chi connectivity index (χ0v) is 9.19. The Bertz CT molecular complexity index is 272. The van der Waals surface area contributed by atoms with Crippen LogP contribution in [-0.2, 0) is 19.0 Å². The summed E-state index contributed by atoms with van der Waals surface area (Å²) in [6.45, 7) is -0.225. The molecule has 0 fully saturated rings. The summed E-state index contributed by atoms with van der Waals surface area (Å²) in [7, 11) is -3.64. The van der Waals surface area contributed by atoms with Crippen molar-refractivity contribution in [2.24, 2.45) is 0 Å². The quantitative estimate of drug-likeness (QED) is 0.667. The second-order valence-corrected chi connectivity index (χ2v) is 4.59. The molecule has 1 unspecified atom stereocenters. The van der Waals surface area contributed by atoms with Crippen LogP contribution in [0.2, 0.25) is 0 Å². The molecule has 0 aromatic carbocycles. The first-order valence-electron chi connectivity index (χ1n) is 4.17. The molecule has 4 nitrogen and oxygen atoms in total. The molecule has 0 saturated heterocycles. The number of halogens is 3. The number of hydrogen-bond donors (Lipinski definition) is 0. The van der Waals surface area contributed by atoms with Crippen molar-refractivity contribution in [1.82, 2.24) is 0 Å². The summed E-state index contributed by atoms with van der Waals surface area (Å²) < 4.78 is 65.1. The largest absolute Gasteiger partial charge is 0.411 e. The van der Waals surface area contributed by atoms with E-state index in [1.165, 1.54) is 0 Å². The van der Waals surface area contributed by atoms with Gasteiger partial charge in [0.2, 0.25) is 0 Å². The molecule has 0 rings (SSSR count). The van der Waals surface area contributed by atoms with E-state index in [2.05, 4.69) is 8.92 Å². The lowest BCUT2D eigenvalue weighted by atomic mass is 10.3. The van der Waals surface area contributed by atoms with Gasteiger partial charge in [-0.2, -0.15) is 21.6 Å². The first-order chi connectivity index (χ1) is 6.64. The second-order valence-electron chi connectivity index (χ2n) is 2.95. The Morgan fingerprint density at radius 1 is 1.33 bits per heavy atom. The van der Waals surface area contributed by atoms with Crippen LogP contribution in [0.5, 0.6) is 0 Å². The highest BCUT2D eigenvalue weighted by Gasteiger charge is 2.29. The summed E-state index contributed by atoms with van der Waals surface area (Å²) >= 11 is 0. The lowest BCUT2D eigenvalue weighted by Crippen LogP contribution is -2.27. The van der Waals surface area contributed by atoms with Crippen LogP contribution in [0.15, 0.2) is 0 Å². The van der Waals surface area contributed by atoms with E-state index in [0.29, 0.717) is 0 Å². The average Bonchev–Trinajstić information content (AvgIpc) is 2.00. The Morgan fingerprint density at radius 3 is 2.20 bits per heavy atom. The van der Waals surface area contributed by atoms with Crippen LogP contribution in [0, 0.1) is 0 Å². The van der Waals surface area contributed by atoms with Crippen LogP contribution in [0.4, 0.5) is 13.2 Å². The SMILES string of the molecule is CCC(COS(C)(=O)=O)OCC(F)(F)F. The minimum atomic E-state index is -4.42. The average molecular weight is 250 g/mol. The Labute approximate surface area is 86.5 Å². The van der Waals surface area contributed by atoms with Crippen LogP contribution in [-0.4, -0.2) is 40.2 Å². The molecule has 0 heterocycles. The van der Waals surface area contributed by atoms with Gasteiger partial charge in [-0.15, -0.1) is 0 Å². The van der Waals surface area contributed by atoms with Gasteiger partial charge in [0.1, 0.15) is 6.61 Å². The molecule has 0 spiro atoms. The molecule has 0 aliphatic rings. The van der Waals surface area contributed by atoms with E-state index >= 15 is 0 Å². The van der Waals surface area contributed by atoms with Crippen molar-refractivity contribution in [3.63, 3.8) is 0 Å². The maximum absolute atomic E-state index is 11.7. The highest BCUT2D eigenvalue weighted by molar-refractivity contribution is 7.85. The predicted molar refractivity (Wildman–Crippen MR) is 46.9 cm³/mol. The highest BCUT2D eigenvalue weighted by Crippen LogP contribution is 2.16. The van der Waals surface area contributed by atoms with Crippen molar-refractivity contribution in [2.75, 3.05) is 19.5 Å². The fourth-order valence-electron chi connectivity index (χ4n) is 0.696. The number of alkyl halides is 3. The predicted octanol–water partition coefficient (Wildman–Crippen LogP) is 1.32. The van der Waals surface area contributed by atoms with E-state index in [9.17, 15) is 21.6 Å². The molecule has 0 bridgehead atoms. The Kier molecular flexibility index (Phi) is 5.54. The molecule has 0 aliphatic carbocycles. The monoisotopic (exact) mass is 250 g/mol. The summed E-state index contributed by atoms with van der Waals surface area (Å²) in [6, 6.07) is 0. The standard InChI is InChI=1S/C7H13F3O4S/c1-3-6(4-14-15(2,11)12)13-5-7(8,9)10/h6H,3-5H2,1-2H3. The fourth-order valence-corrected chi connectivity index (χ4v) is 1.09. The van der Waals surface area contributed by atoms with Crippen molar-refractivity contribution >= 4 is 10.1 Å². The van der Waals surface area contributed by atoms with Crippen LogP contribution in [0.1, 0.15) is 13.3 Å². The van der Waals surface area contributed by atoms with Crippen molar-refractivity contribution in [3.05, 3.63) is 0 Å². The molecule has 0 aromatic rings. The molecule has 0 saturated carbocycles. The lowest BCUT2D eigenvalue weighted by molar-refractivity contribution is -0.187. The molecule has 0 aliphatic heterocycles. The summed E-state index contributed by atoms with van der Waals surface area (Å²) in [5.74, 6) is 0. The van der Waals surface area contributed by atoms with E-state index in [1.54, 1.807) is 6.92 Å². The van der Waals surface area contributed by atoms with Gasteiger partial charge in [0.05, 0.1) is 19.0 Å². The van der Waals surface area contributed by atoms with Gasteiger partial charge < -0.3 is 4.74 Å². The lowest BCUT2D eigenvalue weighted by Gasteiger charge is -2.16. The zero-order valence-electron chi connectivity index (χ0n) is 8.37. The van der Waals surface area contributed by atoms with E-state index in [-0.39, 0.29) is 6.42 Å². The van der Waals surface area contributed by atoms with Crippen molar-refractivity contribution in [3.8, 4) is 0 Å². The van der Waals surface area contributed by atoms with Gasteiger partial charge in [-0.3, -0.25) is 4.18 Å². The van der Waals surface area contributed by atoms with Gasteiger partial charge >= 0.3 is 6.18 Å². The molecular weight excluding hydrogens is 237 g/mol. The van der Waals surface area contributed by atoms with Gasteiger partial charge in [-0.05, 0) is 6.42 Å². The highest BCUT2D eigenvalue weighted by atomic mass is 32.2. The fraction of sp³-hybridized carbons (Fsp3) is 1.00. The third-order valence-corrected chi connectivity index (χ3v) is 1.97. The number of ether oxygens (including phenoxy) is 1. The summed E-state index contributed by atoms with van der Waals surface area (Å²) in [6.07, 6.45) is -4.23. The molecular formula is C7H13F3O4S. The first kappa shape index (κ1) is 14.7. The van der Waals surface area contributed by atoms with Gasteiger partial charge in [0, 0.05) is 0 Å². The summed E-state index contributed by atoms with van der Waals surface area (Å²) in [5, 5.41) is 0. The molecule has 92 valence electrons. The van der Waals surface area contributed by atoms with Crippen molar-refractivity contribution < 1.29 is 30.5 Å². The van der Waals surface area contributed by atoms with Crippen LogP contribution in [0.25, 0.3) is 0 Å². The zero-order chi connectivity index (χ0) is 12.1. The van der Waals surface area contributed by atoms with E-state index in [0.717, 1.165) is 6.26 Å². The summed E-state index contributed by atoms with van der Waals surface area (Å²) in [4.78, 5) is 0. The number of hydrogen-bond acceptors (Lipinski definition) is 4. The molecule has 0 aromatic heterocycles. The third-order valence-electron chi connectivity index (χ3n) is 1.41. The molecule has 0 radical (unpaired) electrons. The summed E-state index contributed by atoms with van der Waals surface area (Å²) in [5.41, 5.74) is 0. The van der Waals surface area contributed by atoms with Crippen molar-refractivity contribution in [1.29, 1.82) is 0 Å². The second kappa shape index (κ2) is 5.66. The smallest absolute Gasteiger partial charge is 0.366 e. The van der Waals surface area contributed by atoms with Gasteiger partial charge in [-0.1, -0.05) is 6.92 Å². The Morgan fingerprint density at radius 2 is 1.87 bits per heavy atom. The minimum Gasteiger partial charge on any atom is -0.366 e. The molecule has 1 atom stereocenters. The van der Waals surface area contributed by atoms with Gasteiger partial charge in [0.15, 0.2) is 0 Å². The van der Waals surface area contributed by atoms with Crippen LogP contribution in [0.3, 0.4) is 0 Å². The number of rotatable bonds is 6. The first-order valence-corrected chi connectivity index (χ1v) is 5.98. The van der Waals surface area contributed by atoms with Crippen molar-refractivity contribution in [2.45, 2.75) is 25.6 Å². The maximum atomic E-state index is 11.7.